The summed E-state index contributed by atoms with van der Waals surface area (Å²) in [5.74, 6) is 0.904. The summed E-state index contributed by atoms with van der Waals surface area (Å²) in [5, 5.41) is 4.18. The molecule has 1 aromatic carbocycles. The summed E-state index contributed by atoms with van der Waals surface area (Å²) in [6.45, 7) is 2.04. The molecular formula is C18H24N2O. The standard InChI is InChI=1S/C18H24N2O/c1-13-12-15-16(19-13)8-5-9-17(15)20-18(21)11-10-14-6-3-2-4-7-14/h5,8-9,12,14,19H,2-4,6-7,10-11H2,1H3,(H,20,21). The van der Waals surface area contributed by atoms with E-state index in [1.165, 1.54) is 32.1 Å². The molecule has 1 aromatic heterocycles. The van der Waals surface area contributed by atoms with E-state index in [2.05, 4.69) is 16.4 Å². The third-order valence-electron chi connectivity index (χ3n) is 4.58. The molecule has 1 aliphatic carbocycles. The molecule has 3 nitrogen and oxygen atoms in total. The number of hydrogen-bond acceptors (Lipinski definition) is 1. The SMILES string of the molecule is Cc1cc2c(NC(=O)CCC3CCCCC3)cccc2[nH]1. The fraction of sp³-hybridized carbons (Fsp3) is 0.500. The summed E-state index contributed by atoms with van der Waals surface area (Å²) in [6, 6.07) is 8.09. The van der Waals surface area contributed by atoms with Gasteiger partial charge in [-0.2, -0.15) is 0 Å². The van der Waals surface area contributed by atoms with E-state index < -0.39 is 0 Å². The van der Waals surface area contributed by atoms with Gasteiger partial charge >= 0.3 is 0 Å². The van der Waals surface area contributed by atoms with Gasteiger partial charge in [0.25, 0.3) is 0 Å². The van der Waals surface area contributed by atoms with E-state index in [-0.39, 0.29) is 5.91 Å². The summed E-state index contributed by atoms with van der Waals surface area (Å²) in [5.41, 5.74) is 3.12. The number of nitrogens with one attached hydrogen (secondary N) is 2. The number of hydrogen-bond donors (Lipinski definition) is 2. The highest BCUT2D eigenvalue weighted by atomic mass is 16.1. The van der Waals surface area contributed by atoms with Crippen molar-refractivity contribution in [2.75, 3.05) is 5.32 Å². The maximum absolute atomic E-state index is 12.2. The van der Waals surface area contributed by atoms with Crippen LogP contribution in [-0.2, 0) is 4.79 Å². The van der Waals surface area contributed by atoms with Gasteiger partial charge in [-0.15, -0.1) is 0 Å². The second kappa shape index (κ2) is 6.33. The number of amides is 1. The van der Waals surface area contributed by atoms with Crippen LogP contribution >= 0.6 is 0 Å². The van der Waals surface area contributed by atoms with Crippen molar-refractivity contribution in [3.05, 3.63) is 30.0 Å². The molecule has 3 heteroatoms. The van der Waals surface area contributed by atoms with Crippen LogP contribution < -0.4 is 5.32 Å². The van der Waals surface area contributed by atoms with Crippen LogP contribution in [0.5, 0.6) is 0 Å². The van der Waals surface area contributed by atoms with Crippen molar-refractivity contribution in [1.82, 2.24) is 4.98 Å². The molecule has 2 aromatic rings. The number of anilines is 1. The van der Waals surface area contributed by atoms with Gasteiger partial charge in [0.05, 0.1) is 5.69 Å². The fourth-order valence-corrected chi connectivity index (χ4v) is 3.43. The minimum Gasteiger partial charge on any atom is -0.359 e. The number of aromatic nitrogens is 1. The van der Waals surface area contributed by atoms with Crippen molar-refractivity contribution in [2.24, 2.45) is 5.92 Å². The lowest BCUT2D eigenvalue weighted by Crippen LogP contribution is -2.14. The number of carbonyl (C=O) groups excluding carboxylic acids is 1. The van der Waals surface area contributed by atoms with E-state index in [4.69, 9.17) is 0 Å². The number of benzene rings is 1. The zero-order chi connectivity index (χ0) is 14.7. The Kier molecular flexibility index (Phi) is 4.28. The molecule has 2 N–H and O–H groups in total. The largest absolute Gasteiger partial charge is 0.359 e. The fourth-order valence-electron chi connectivity index (χ4n) is 3.43. The molecule has 21 heavy (non-hydrogen) atoms. The molecule has 0 unspecified atom stereocenters. The van der Waals surface area contributed by atoms with Crippen LogP contribution in [-0.4, -0.2) is 10.9 Å². The Balaban J connectivity index is 1.60. The van der Waals surface area contributed by atoms with E-state index in [0.29, 0.717) is 6.42 Å². The molecule has 0 atom stereocenters. The Labute approximate surface area is 126 Å². The van der Waals surface area contributed by atoms with E-state index in [9.17, 15) is 4.79 Å². The molecule has 1 saturated carbocycles. The monoisotopic (exact) mass is 284 g/mol. The highest BCUT2D eigenvalue weighted by Crippen LogP contribution is 2.28. The Hall–Kier alpha value is -1.77. The van der Waals surface area contributed by atoms with Crippen molar-refractivity contribution in [1.29, 1.82) is 0 Å². The van der Waals surface area contributed by atoms with Crippen LogP contribution in [0.25, 0.3) is 10.9 Å². The number of aromatic amines is 1. The number of aryl methyl sites for hydroxylation is 1. The third-order valence-corrected chi connectivity index (χ3v) is 4.58. The predicted octanol–water partition coefficient (Wildman–Crippen LogP) is 4.78. The second-order valence-electron chi connectivity index (χ2n) is 6.31. The summed E-state index contributed by atoms with van der Waals surface area (Å²) >= 11 is 0. The Morgan fingerprint density at radius 3 is 2.90 bits per heavy atom. The summed E-state index contributed by atoms with van der Waals surface area (Å²) in [6.07, 6.45) is 8.35. The molecule has 1 aliphatic rings. The van der Waals surface area contributed by atoms with Gasteiger partial charge in [-0.3, -0.25) is 4.79 Å². The first-order valence-corrected chi connectivity index (χ1v) is 8.10. The average Bonchev–Trinajstić information content (AvgIpc) is 2.88. The van der Waals surface area contributed by atoms with Gasteiger partial charge in [0.1, 0.15) is 0 Å². The third kappa shape index (κ3) is 3.46. The highest BCUT2D eigenvalue weighted by Gasteiger charge is 2.15. The van der Waals surface area contributed by atoms with Crippen molar-refractivity contribution in [3.63, 3.8) is 0 Å². The van der Waals surface area contributed by atoms with E-state index in [0.717, 1.165) is 34.6 Å². The number of carbonyl (C=O) groups is 1. The first-order chi connectivity index (χ1) is 10.2. The Bertz CT molecular complexity index is 623. The molecular weight excluding hydrogens is 260 g/mol. The quantitative estimate of drug-likeness (QED) is 0.834. The minimum atomic E-state index is 0.145. The van der Waals surface area contributed by atoms with E-state index in [1.807, 2.05) is 25.1 Å². The van der Waals surface area contributed by atoms with Crippen molar-refractivity contribution in [3.8, 4) is 0 Å². The topological polar surface area (TPSA) is 44.9 Å². The van der Waals surface area contributed by atoms with Crippen molar-refractivity contribution in [2.45, 2.75) is 51.9 Å². The van der Waals surface area contributed by atoms with Gasteiger partial charge in [-0.05, 0) is 37.5 Å². The molecule has 112 valence electrons. The molecule has 0 saturated heterocycles. The molecule has 1 amide bonds. The van der Waals surface area contributed by atoms with Crippen molar-refractivity contribution >= 4 is 22.5 Å². The lowest BCUT2D eigenvalue weighted by Gasteiger charge is -2.21. The molecule has 0 spiro atoms. The zero-order valence-electron chi connectivity index (χ0n) is 12.7. The maximum Gasteiger partial charge on any atom is 0.224 e. The van der Waals surface area contributed by atoms with Gasteiger partial charge in [-0.25, -0.2) is 0 Å². The van der Waals surface area contributed by atoms with Gasteiger partial charge in [0.2, 0.25) is 5.91 Å². The molecule has 3 rings (SSSR count). The average molecular weight is 284 g/mol. The van der Waals surface area contributed by atoms with Gasteiger partial charge in [-0.1, -0.05) is 38.2 Å². The van der Waals surface area contributed by atoms with Gasteiger partial charge in [0, 0.05) is 23.0 Å². The van der Waals surface area contributed by atoms with Crippen LogP contribution in [0.2, 0.25) is 0 Å². The summed E-state index contributed by atoms with van der Waals surface area (Å²) < 4.78 is 0. The van der Waals surface area contributed by atoms with Crippen LogP contribution in [0, 0.1) is 12.8 Å². The Morgan fingerprint density at radius 1 is 1.29 bits per heavy atom. The smallest absolute Gasteiger partial charge is 0.224 e. The van der Waals surface area contributed by atoms with Gasteiger partial charge < -0.3 is 10.3 Å². The number of rotatable bonds is 4. The summed E-state index contributed by atoms with van der Waals surface area (Å²) in [4.78, 5) is 15.5. The van der Waals surface area contributed by atoms with Crippen molar-refractivity contribution < 1.29 is 4.79 Å². The second-order valence-corrected chi connectivity index (χ2v) is 6.31. The molecule has 1 heterocycles. The maximum atomic E-state index is 12.2. The zero-order valence-corrected chi connectivity index (χ0v) is 12.7. The minimum absolute atomic E-state index is 0.145. The highest BCUT2D eigenvalue weighted by molar-refractivity contribution is 6.01. The van der Waals surface area contributed by atoms with Crippen LogP contribution in [0.15, 0.2) is 24.3 Å². The number of fused-ring (bicyclic) bond motifs is 1. The Morgan fingerprint density at radius 2 is 2.10 bits per heavy atom. The number of H-pyrrole nitrogens is 1. The van der Waals surface area contributed by atoms with E-state index in [1.54, 1.807) is 0 Å². The first-order valence-electron chi connectivity index (χ1n) is 8.10. The predicted molar refractivity (Wildman–Crippen MR) is 87.5 cm³/mol. The van der Waals surface area contributed by atoms with Crippen LogP contribution in [0.3, 0.4) is 0 Å². The summed E-state index contributed by atoms with van der Waals surface area (Å²) in [7, 11) is 0. The molecule has 1 fully saturated rings. The van der Waals surface area contributed by atoms with Gasteiger partial charge in [0.15, 0.2) is 0 Å². The lowest BCUT2D eigenvalue weighted by atomic mass is 9.86. The molecule has 0 bridgehead atoms. The van der Waals surface area contributed by atoms with Crippen LogP contribution in [0.1, 0.15) is 50.6 Å². The van der Waals surface area contributed by atoms with E-state index >= 15 is 0 Å². The first kappa shape index (κ1) is 14.2. The molecule has 0 radical (unpaired) electrons. The lowest BCUT2D eigenvalue weighted by molar-refractivity contribution is -0.116. The molecule has 0 aliphatic heterocycles. The van der Waals surface area contributed by atoms with Crippen LogP contribution in [0.4, 0.5) is 5.69 Å². The normalized spacial score (nSPS) is 16.2.